The van der Waals surface area contributed by atoms with Crippen LogP contribution in [0.25, 0.3) is 0 Å². The molecular weight excluding hydrogens is 400 g/mol. The lowest BCUT2D eigenvalue weighted by Crippen LogP contribution is -2.35. The third-order valence-corrected chi connectivity index (χ3v) is 7.23. The summed E-state index contributed by atoms with van der Waals surface area (Å²) in [7, 11) is 5.64. The fraction of sp³-hybridized carbons (Fsp3) is 0.524. The van der Waals surface area contributed by atoms with E-state index in [1.165, 1.54) is 40.3 Å². The Bertz CT molecular complexity index is 1050. The molecule has 8 nitrogen and oxygen atoms in total. The molecule has 2 aromatic heterocycles. The van der Waals surface area contributed by atoms with E-state index in [2.05, 4.69) is 10.2 Å². The number of aromatic nitrogens is 2. The highest BCUT2D eigenvalue weighted by Crippen LogP contribution is 2.40. The van der Waals surface area contributed by atoms with Crippen LogP contribution in [0.4, 0.5) is 16.8 Å². The maximum absolute atomic E-state index is 12.9. The largest absolute Gasteiger partial charge is 0.351 e. The quantitative estimate of drug-likeness (QED) is 0.792. The van der Waals surface area contributed by atoms with Crippen LogP contribution in [0.3, 0.4) is 0 Å². The number of aryl methyl sites for hydroxylation is 1. The van der Waals surface area contributed by atoms with Crippen molar-refractivity contribution in [1.29, 1.82) is 0 Å². The second kappa shape index (κ2) is 7.23. The second-order valence-electron chi connectivity index (χ2n) is 8.46. The number of hydrogen-bond acceptors (Lipinski definition) is 7. The second-order valence-corrected chi connectivity index (χ2v) is 9.57. The summed E-state index contributed by atoms with van der Waals surface area (Å²) in [6.07, 6.45) is 5.14. The molecule has 0 saturated carbocycles. The Morgan fingerprint density at radius 1 is 1.03 bits per heavy atom. The lowest BCUT2D eigenvalue weighted by molar-refractivity contribution is -0.116. The molecule has 30 heavy (non-hydrogen) atoms. The van der Waals surface area contributed by atoms with Gasteiger partial charge in [0.2, 0.25) is 11.9 Å². The van der Waals surface area contributed by atoms with Gasteiger partial charge in [0, 0.05) is 38.1 Å². The van der Waals surface area contributed by atoms with E-state index in [0.717, 1.165) is 48.0 Å². The van der Waals surface area contributed by atoms with Gasteiger partial charge in [0.15, 0.2) is 0 Å². The number of carbonyl (C=O) groups is 2. The third-order valence-electron chi connectivity index (χ3n) is 6.10. The maximum atomic E-state index is 12.9. The zero-order valence-corrected chi connectivity index (χ0v) is 18.4. The van der Waals surface area contributed by atoms with Crippen molar-refractivity contribution in [1.82, 2.24) is 14.9 Å². The van der Waals surface area contributed by atoms with Crippen LogP contribution in [0.2, 0.25) is 0 Å². The molecule has 0 spiro atoms. The first-order chi connectivity index (χ1) is 14.4. The highest BCUT2D eigenvalue weighted by Gasteiger charge is 2.34. The number of nitrogens with zero attached hydrogens (tertiary/aromatic N) is 5. The molecule has 0 fully saturated rings. The molecule has 0 aromatic carbocycles. The molecule has 1 N–H and O–H groups in total. The molecule has 0 unspecified atom stereocenters. The molecule has 3 aliphatic rings. The van der Waals surface area contributed by atoms with Crippen LogP contribution in [0.5, 0.6) is 0 Å². The molecule has 2 aliphatic heterocycles. The summed E-state index contributed by atoms with van der Waals surface area (Å²) in [4.78, 5) is 41.7. The zero-order valence-electron chi connectivity index (χ0n) is 17.6. The van der Waals surface area contributed by atoms with Gasteiger partial charge in [-0.3, -0.25) is 9.59 Å². The first-order valence-corrected chi connectivity index (χ1v) is 11.3. The van der Waals surface area contributed by atoms with Gasteiger partial charge in [-0.15, -0.1) is 11.3 Å². The SMILES string of the molecule is CN1CC(=O)Nc2sc3c(c2C1=O)CCN(c1nc(N(C)C)nc2c1CCCC2)C3. The normalized spacial score (nSPS) is 18.4. The summed E-state index contributed by atoms with van der Waals surface area (Å²) < 4.78 is 0. The molecular formula is C21H26N6O2S. The molecule has 0 radical (unpaired) electrons. The van der Waals surface area contributed by atoms with Gasteiger partial charge in [-0.25, -0.2) is 4.98 Å². The minimum Gasteiger partial charge on any atom is -0.351 e. The van der Waals surface area contributed by atoms with Crippen LogP contribution in [-0.4, -0.2) is 60.9 Å². The molecule has 4 heterocycles. The van der Waals surface area contributed by atoms with Gasteiger partial charge >= 0.3 is 0 Å². The topological polar surface area (TPSA) is 81.7 Å². The lowest BCUT2D eigenvalue weighted by atomic mass is 9.95. The van der Waals surface area contributed by atoms with Crippen LogP contribution in [0, 0.1) is 0 Å². The third kappa shape index (κ3) is 3.12. The average Bonchev–Trinajstić information content (AvgIpc) is 3.03. The zero-order chi connectivity index (χ0) is 21.0. The predicted octanol–water partition coefficient (Wildman–Crippen LogP) is 2.07. The van der Waals surface area contributed by atoms with Crippen LogP contribution < -0.4 is 15.1 Å². The molecule has 2 aromatic rings. The monoisotopic (exact) mass is 426 g/mol. The highest BCUT2D eigenvalue weighted by molar-refractivity contribution is 7.17. The molecule has 158 valence electrons. The van der Waals surface area contributed by atoms with Crippen LogP contribution in [-0.2, 0) is 30.6 Å². The van der Waals surface area contributed by atoms with Crippen LogP contribution >= 0.6 is 11.3 Å². The molecule has 1 aliphatic carbocycles. The Morgan fingerprint density at radius 3 is 2.63 bits per heavy atom. The van der Waals surface area contributed by atoms with Crippen molar-refractivity contribution in [2.75, 3.05) is 49.3 Å². The number of fused-ring (bicyclic) bond motifs is 4. The number of thiophene rings is 1. The lowest BCUT2D eigenvalue weighted by Gasteiger charge is -2.32. The maximum Gasteiger partial charge on any atom is 0.257 e. The number of hydrogen-bond donors (Lipinski definition) is 1. The van der Waals surface area contributed by atoms with E-state index in [9.17, 15) is 9.59 Å². The predicted molar refractivity (Wildman–Crippen MR) is 118 cm³/mol. The van der Waals surface area contributed by atoms with E-state index in [-0.39, 0.29) is 18.4 Å². The average molecular weight is 427 g/mol. The Hall–Kier alpha value is -2.68. The van der Waals surface area contributed by atoms with Gasteiger partial charge in [0.25, 0.3) is 5.91 Å². The number of nitrogens with one attached hydrogen (secondary N) is 1. The Morgan fingerprint density at radius 2 is 1.83 bits per heavy atom. The van der Waals surface area contributed by atoms with E-state index < -0.39 is 0 Å². The van der Waals surface area contributed by atoms with E-state index >= 15 is 0 Å². The van der Waals surface area contributed by atoms with Crippen molar-refractivity contribution < 1.29 is 9.59 Å². The van der Waals surface area contributed by atoms with Gasteiger partial charge in [-0.1, -0.05) is 0 Å². The van der Waals surface area contributed by atoms with Gasteiger partial charge in [-0.2, -0.15) is 4.98 Å². The number of likely N-dealkylation sites (N-methyl/N-ethyl adjacent to an activating group) is 1. The molecule has 9 heteroatoms. The van der Waals surface area contributed by atoms with Gasteiger partial charge in [0.05, 0.1) is 24.3 Å². The smallest absolute Gasteiger partial charge is 0.257 e. The summed E-state index contributed by atoms with van der Waals surface area (Å²) in [6, 6.07) is 0. The first-order valence-electron chi connectivity index (χ1n) is 10.4. The standard InChI is InChI=1S/C21H26N6O2S/c1-25(2)21-22-14-7-5-4-6-12(14)18(24-21)27-9-8-13-15(10-27)30-19-17(13)20(29)26(3)11-16(28)23-19/h4-11H2,1-3H3,(H,23,28). The van der Waals surface area contributed by atoms with Crippen LogP contribution in [0.15, 0.2) is 0 Å². The van der Waals surface area contributed by atoms with Crippen molar-refractivity contribution in [3.8, 4) is 0 Å². The summed E-state index contributed by atoms with van der Waals surface area (Å²) >= 11 is 1.53. The molecule has 0 bridgehead atoms. The van der Waals surface area contributed by atoms with Crippen molar-refractivity contribution in [3.05, 3.63) is 27.3 Å². The summed E-state index contributed by atoms with van der Waals surface area (Å²) in [5.41, 5.74) is 4.21. The Balaban J connectivity index is 1.53. The number of carbonyl (C=O) groups excluding carboxylic acids is 2. The van der Waals surface area contributed by atoms with Crippen molar-refractivity contribution in [3.63, 3.8) is 0 Å². The Kier molecular flexibility index (Phi) is 4.65. The summed E-state index contributed by atoms with van der Waals surface area (Å²) in [6.45, 7) is 1.61. The molecule has 0 saturated heterocycles. The fourth-order valence-corrected chi connectivity index (χ4v) is 5.84. The minimum atomic E-state index is -0.138. The number of rotatable bonds is 2. The van der Waals surface area contributed by atoms with Crippen molar-refractivity contribution >= 4 is 39.9 Å². The summed E-state index contributed by atoms with van der Waals surface area (Å²) in [5.74, 6) is 1.58. The molecule has 0 atom stereocenters. The fourth-order valence-electron chi connectivity index (χ4n) is 4.57. The Labute approximate surface area is 179 Å². The number of anilines is 3. The van der Waals surface area contributed by atoms with Crippen LogP contribution in [0.1, 0.15) is 44.9 Å². The molecule has 5 rings (SSSR count). The highest BCUT2D eigenvalue weighted by atomic mass is 32.1. The van der Waals surface area contributed by atoms with E-state index in [1.54, 1.807) is 7.05 Å². The van der Waals surface area contributed by atoms with E-state index in [1.807, 2.05) is 19.0 Å². The minimum absolute atomic E-state index is 0.0661. The van der Waals surface area contributed by atoms with Crippen molar-refractivity contribution in [2.24, 2.45) is 0 Å². The van der Waals surface area contributed by atoms with Gasteiger partial charge in [0.1, 0.15) is 10.8 Å². The first kappa shape index (κ1) is 19.3. The van der Waals surface area contributed by atoms with E-state index in [4.69, 9.17) is 9.97 Å². The number of amides is 2. The van der Waals surface area contributed by atoms with Gasteiger partial charge in [-0.05, 0) is 37.7 Å². The molecule has 2 amide bonds. The van der Waals surface area contributed by atoms with Gasteiger partial charge < -0.3 is 20.0 Å². The van der Waals surface area contributed by atoms with E-state index in [0.29, 0.717) is 17.1 Å². The summed E-state index contributed by atoms with van der Waals surface area (Å²) in [5, 5.41) is 3.63. The van der Waals surface area contributed by atoms with Crippen molar-refractivity contribution in [2.45, 2.75) is 38.6 Å².